The third-order valence-corrected chi connectivity index (χ3v) is 4.82. The number of nitrogens with zero attached hydrogens (tertiary/aromatic N) is 1. The summed E-state index contributed by atoms with van der Waals surface area (Å²) in [5.74, 6) is 0.785. The summed E-state index contributed by atoms with van der Waals surface area (Å²) in [6.07, 6.45) is 3.77. The molecule has 4 rings (SSSR count). The maximum Gasteiger partial charge on any atom is 0.193 e. The SMILES string of the molecule is O=C(c1ccc(I)cc1)c1ccc2c(c1)C(c1ccccn1)=CCO2. The van der Waals surface area contributed by atoms with Crippen LogP contribution < -0.4 is 4.74 Å². The van der Waals surface area contributed by atoms with Gasteiger partial charge in [-0.2, -0.15) is 0 Å². The second-order valence-corrected chi connectivity index (χ2v) is 6.94. The number of benzene rings is 2. The number of fused-ring (bicyclic) bond motifs is 1. The maximum atomic E-state index is 12.8. The fraction of sp³-hybridized carbons (Fsp3) is 0.0476. The molecular formula is C21H14INO2. The van der Waals surface area contributed by atoms with Crippen LogP contribution in [-0.2, 0) is 0 Å². The molecule has 25 heavy (non-hydrogen) atoms. The van der Waals surface area contributed by atoms with Crippen LogP contribution in [0.25, 0.3) is 5.57 Å². The molecule has 0 radical (unpaired) electrons. The quantitative estimate of drug-likeness (QED) is 0.437. The average molecular weight is 439 g/mol. The van der Waals surface area contributed by atoms with E-state index in [0.29, 0.717) is 17.7 Å². The van der Waals surface area contributed by atoms with E-state index in [0.717, 1.165) is 26.2 Å². The zero-order valence-electron chi connectivity index (χ0n) is 13.3. The van der Waals surface area contributed by atoms with E-state index in [9.17, 15) is 4.79 Å². The Morgan fingerprint density at radius 3 is 2.56 bits per heavy atom. The van der Waals surface area contributed by atoms with Crippen molar-refractivity contribution in [2.45, 2.75) is 0 Å². The van der Waals surface area contributed by atoms with Crippen LogP contribution >= 0.6 is 22.6 Å². The molecule has 0 fully saturated rings. The van der Waals surface area contributed by atoms with E-state index in [1.807, 2.05) is 66.7 Å². The van der Waals surface area contributed by atoms with E-state index in [2.05, 4.69) is 27.6 Å². The van der Waals surface area contributed by atoms with Crippen LogP contribution in [0, 0.1) is 3.57 Å². The van der Waals surface area contributed by atoms with Gasteiger partial charge in [0.05, 0.1) is 5.69 Å². The predicted octanol–water partition coefficient (Wildman–Crippen LogP) is 4.74. The Bertz CT molecular complexity index is 963. The van der Waals surface area contributed by atoms with Crippen molar-refractivity contribution < 1.29 is 9.53 Å². The summed E-state index contributed by atoms with van der Waals surface area (Å²) in [5, 5.41) is 0. The normalized spacial score (nSPS) is 12.8. The molecule has 1 aliphatic heterocycles. The molecule has 3 nitrogen and oxygen atoms in total. The van der Waals surface area contributed by atoms with Crippen LogP contribution in [0.1, 0.15) is 27.2 Å². The minimum Gasteiger partial charge on any atom is -0.489 e. The zero-order chi connectivity index (χ0) is 17.2. The third-order valence-electron chi connectivity index (χ3n) is 4.11. The molecule has 0 atom stereocenters. The van der Waals surface area contributed by atoms with Crippen molar-refractivity contribution in [2.75, 3.05) is 6.61 Å². The van der Waals surface area contributed by atoms with Crippen LogP contribution in [0.4, 0.5) is 0 Å². The van der Waals surface area contributed by atoms with Crippen molar-refractivity contribution in [2.24, 2.45) is 0 Å². The van der Waals surface area contributed by atoms with Gasteiger partial charge in [-0.3, -0.25) is 9.78 Å². The molecule has 4 heteroatoms. The van der Waals surface area contributed by atoms with Gasteiger partial charge in [0, 0.05) is 32.0 Å². The number of pyridine rings is 1. The predicted molar refractivity (Wildman–Crippen MR) is 106 cm³/mol. The van der Waals surface area contributed by atoms with Gasteiger partial charge in [-0.15, -0.1) is 0 Å². The molecule has 0 saturated carbocycles. The van der Waals surface area contributed by atoms with E-state index in [-0.39, 0.29) is 5.78 Å². The first kappa shape index (κ1) is 16.0. The van der Waals surface area contributed by atoms with E-state index in [1.54, 1.807) is 6.20 Å². The lowest BCUT2D eigenvalue weighted by atomic mass is 9.94. The summed E-state index contributed by atoms with van der Waals surface area (Å²) in [6.45, 7) is 0.503. The Morgan fingerprint density at radius 1 is 1.00 bits per heavy atom. The molecular weight excluding hydrogens is 425 g/mol. The molecule has 122 valence electrons. The second-order valence-electron chi connectivity index (χ2n) is 5.69. The first-order chi connectivity index (χ1) is 12.2. The van der Waals surface area contributed by atoms with Crippen molar-refractivity contribution in [1.29, 1.82) is 0 Å². The second kappa shape index (κ2) is 6.80. The highest BCUT2D eigenvalue weighted by molar-refractivity contribution is 14.1. The summed E-state index contributed by atoms with van der Waals surface area (Å²) in [4.78, 5) is 17.2. The molecule has 1 aliphatic rings. The van der Waals surface area contributed by atoms with Gasteiger partial charge in [0.15, 0.2) is 5.78 Å². The van der Waals surface area contributed by atoms with Gasteiger partial charge in [-0.1, -0.05) is 6.07 Å². The van der Waals surface area contributed by atoms with E-state index >= 15 is 0 Å². The number of hydrogen-bond donors (Lipinski definition) is 0. The van der Waals surface area contributed by atoms with Crippen LogP contribution in [0.15, 0.2) is 72.9 Å². The van der Waals surface area contributed by atoms with Crippen LogP contribution in [-0.4, -0.2) is 17.4 Å². The summed E-state index contributed by atoms with van der Waals surface area (Å²) < 4.78 is 6.82. The first-order valence-corrected chi connectivity index (χ1v) is 8.99. The Kier molecular flexibility index (Phi) is 4.36. The summed E-state index contributed by atoms with van der Waals surface area (Å²) in [6, 6.07) is 19.0. The highest BCUT2D eigenvalue weighted by Crippen LogP contribution is 2.34. The summed E-state index contributed by atoms with van der Waals surface area (Å²) in [5.41, 5.74) is 4.11. The van der Waals surface area contributed by atoms with Crippen LogP contribution in [0.3, 0.4) is 0 Å². The van der Waals surface area contributed by atoms with Crippen LogP contribution in [0.2, 0.25) is 0 Å². The molecule has 2 heterocycles. The monoisotopic (exact) mass is 439 g/mol. The first-order valence-electron chi connectivity index (χ1n) is 7.91. The summed E-state index contributed by atoms with van der Waals surface area (Å²) >= 11 is 2.23. The Morgan fingerprint density at radius 2 is 1.80 bits per heavy atom. The number of ketones is 1. The van der Waals surface area contributed by atoms with Crippen LogP contribution in [0.5, 0.6) is 5.75 Å². The molecule has 0 unspecified atom stereocenters. The summed E-state index contributed by atoms with van der Waals surface area (Å²) in [7, 11) is 0. The van der Waals surface area contributed by atoms with Gasteiger partial charge >= 0.3 is 0 Å². The topological polar surface area (TPSA) is 39.2 Å². The van der Waals surface area contributed by atoms with Gasteiger partial charge in [0.2, 0.25) is 0 Å². The lowest BCUT2D eigenvalue weighted by molar-refractivity contribution is 0.103. The van der Waals surface area contributed by atoms with Gasteiger partial charge < -0.3 is 4.74 Å². The van der Waals surface area contributed by atoms with Gasteiger partial charge in [-0.05, 0) is 83.3 Å². The zero-order valence-corrected chi connectivity index (χ0v) is 15.4. The molecule has 0 aliphatic carbocycles. The van der Waals surface area contributed by atoms with Gasteiger partial charge in [-0.25, -0.2) is 0 Å². The molecule has 1 aromatic heterocycles. The third kappa shape index (κ3) is 3.22. The van der Waals surface area contributed by atoms with Crippen molar-refractivity contribution in [3.63, 3.8) is 0 Å². The highest BCUT2D eigenvalue weighted by Gasteiger charge is 2.19. The minimum atomic E-state index is 0.00476. The highest BCUT2D eigenvalue weighted by atomic mass is 127. The maximum absolute atomic E-state index is 12.8. The largest absolute Gasteiger partial charge is 0.489 e. The molecule has 3 aromatic rings. The van der Waals surface area contributed by atoms with E-state index in [4.69, 9.17) is 4.74 Å². The Hall–Kier alpha value is -2.47. The fourth-order valence-electron chi connectivity index (χ4n) is 2.86. The van der Waals surface area contributed by atoms with E-state index < -0.39 is 0 Å². The molecule has 0 bridgehead atoms. The lowest BCUT2D eigenvalue weighted by Gasteiger charge is -2.19. The average Bonchev–Trinajstić information content (AvgIpc) is 2.68. The number of hydrogen-bond acceptors (Lipinski definition) is 3. The molecule has 0 N–H and O–H groups in total. The molecule has 0 saturated heterocycles. The van der Waals surface area contributed by atoms with Gasteiger partial charge in [0.1, 0.15) is 12.4 Å². The number of carbonyl (C=O) groups excluding carboxylic acids is 1. The molecule has 0 spiro atoms. The number of aromatic nitrogens is 1. The van der Waals surface area contributed by atoms with Gasteiger partial charge in [0.25, 0.3) is 0 Å². The molecule has 2 aromatic carbocycles. The standard InChI is InChI=1S/C21H14INO2/c22-16-7-4-14(5-8-16)21(24)15-6-9-20-18(13-15)17(10-12-25-20)19-3-1-2-11-23-19/h1-11,13H,12H2. The number of rotatable bonds is 3. The van der Waals surface area contributed by atoms with E-state index in [1.165, 1.54) is 0 Å². The smallest absolute Gasteiger partial charge is 0.193 e. The number of halogens is 1. The minimum absolute atomic E-state index is 0.00476. The Labute approximate surface area is 159 Å². The van der Waals surface area contributed by atoms with Crippen molar-refractivity contribution in [3.05, 3.63) is 98.9 Å². The number of ether oxygens (including phenoxy) is 1. The van der Waals surface area contributed by atoms with Crippen molar-refractivity contribution in [3.8, 4) is 5.75 Å². The van der Waals surface area contributed by atoms with Crippen molar-refractivity contribution in [1.82, 2.24) is 4.98 Å². The fourth-order valence-corrected chi connectivity index (χ4v) is 3.22. The molecule has 0 amide bonds. The van der Waals surface area contributed by atoms with Crippen molar-refractivity contribution >= 4 is 33.9 Å². The lowest BCUT2D eigenvalue weighted by Crippen LogP contribution is -2.09. The Balaban J connectivity index is 1.75. The number of carbonyl (C=O) groups is 1.